The zero-order valence-corrected chi connectivity index (χ0v) is 8.36. The lowest BCUT2D eigenvalue weighted by molar-refractivity contribution is -0.140. The van der Waals surface area contributed by atoms with Crippen LogP contribution in [0.5, 0.6) is 5.75 Å². The zero-order valence-electron chi connectivity index (χ0n) is 8.36. The minimum atomic E-state index is -0.217. The molecule has 0 saturated carbocycles. The van der Waals surface area contributed by atoms with Crippen LogP contribution in [0.4, 0.5) is 0 Å². The third-order valence-corrected chi connectivity index (χ3v) is 2.16. The molecule has 0 amide bonds. The molecule has 1 rings (SSSR count). The van der Waals surface area contributed by atoms with Gasteiger partial charge in [0, 0.05) is 0 Å². The maximum Gasteiger partial charge on any atom is 0.306 e. The first kappa shape index (κ1) is 10.6. The molecule has 3 heteroatoms. The smallest absolute Gasteiger partial charge is 0.306 e. The molecule has 0 saturated heterocycles. The largest absolute Gasteiger partial charge is 0.508 e. The molecule has 1 atom stereocenters. The van der Waals surface area contributed by atoms with Gasteiger partial charge in [-0.2, -0.15) is 0 Å². The van der Waals surface area contributed by atoms with Crippen molar-refractivity contribution in [1.82, 2.24) is 0 Å². The van der Waals surface area contributed by atoms with Gasteiger partial charge in [-0.05, 0) is 23.6 Å². The van der Waals surface area contributed by atoms with Crippen molar-refractivity contribution in [1.29, 1.82) is 0 Å². The van der Waals surface area contributed by atoms with E-state index in [0.29, 0.717) is 6.42 Å². The number of phenolic OH excluding ortho intramolecular Hbond substituents is 1. The summed E-state index contributed by atoms with van der Waals surface area (Å²) in [4.78, 5) is 11.0. The summed E-state index contributed by atoms with van der Waals surface area (Å²) in [6, 6.07) is 6.85. The summed E-state index contributed by atoms with van der Waals surface area (Å²) in [5.41, 5.74) is 1.02. The minimum absolute atomic E-state index is 0.114. The first-order chi connectivity index (χ1) is 6.63. The SMILES string of the molecule is COC(=O)C[C@H](C)c1ccc(O)cc1. The average Bonchev–Trinajstić information content (AvgIpc) is 2.18. The monoisotopic (exact) mass is 194 g/mol. The normalized spacial score (nSPS) is 12.1. The number of ether oxygens (including phenoxy) is 1. The van der Waals surface area contributed by atoms with Gasteiger partial charge in [0.15, 0.2) is 0 Å². The lowest BCUT2D eigenvalue weighted by atomic mass is 9.98. The molecule has 0 aliphatic carbocycles. The number of methoxy groups -OCH3 is 1. The Morgan fingerprint density at radius 3 is 2.50 bits per heavy atom. The summed E-state index contributed by atoms with van der Waals surface area (Å²) in [5, 5.41) is 9.07. The van der Waals surface area contributed by atoms with Crippen molar-refractivity contribution in [2.45, 2.75) is 19.3 Å². The molecule has 14 heavy (non-hydrogen) atoms. The van der Waals surface area contributed by atoms with Crippen LogP contribution >= 0.6 is 0 Å². The maximum atomic E-state index is 11.0. The summed E-state index contributed by atoms with van der Waals surface area (Å²) in [5.74, 6) is 0.132. The number of carbonyl (C=O) groups is 1. The number of rotatable bonds is 3. The van der Waals surface area contributed by atoms with Gasteiger partial charge in [-0.3, -0.25) is 4.79 Å². The molecule has 1 aromatic rings. The fourth-order valence-corrected chi connectivity index (χ4v) is 1.25. The lowest BCUT2D eigenvalue weighted by Gasteiger charge is -2.09. The fourth-order valence-electron chi connectivity index (χ4n) is 1.25. The van der Waals surface area contributed by atoms with Crippen molar-refractivity contribution in [3.63, 3.8) is 0 Å². The van der Waals surface area contributed by atoms with E-state index in [1.165, 1.54) is 7.11 Å². The molecule has 0 heterocycles. The Kier molecular flexibility index (Phi) is 3.51. The van der Waals surface area contributed by atoms with Crippen LogP contribution in [0.25, 0.3) is 0 Å². The summed E-state index contributed by atoms with van der Waals surface area (Å²) in [6.07, 6.45) is 0.362. The molecule has 0 bridgehead atoms. The van der Waals surface area contributed by atoms with Gasteiger partial charge < -0.3 is 9.84 Å². The predicted octanol–water partition coefficient (Wildman–Crippen LogP) is 2.06. The second-order valence-electron chi connectivity index (χ2n) is 3.27. The Bertz CT molecular complexity index is 303. The van der Waals surface area contributed by atoms with Gasteiger partial charge in [0.2, 0.25) is 0 Å². The Labute approximate surface area is 83.3 Å². The van der Waals surface area contributed by atoms with Gasteiger partial charge in [-0.25, -0.2) is 0 Å². The molecule has 0 unspecified atom stereocenters. The number of benzene rings is 1. The molecule has 1 aromatic carbocycles. The summed E-state index contributed by atoms with van der Waals surface area (Å²) >= 11 is 0. The van der Waals surface area contributed by atoms with Crippen LogP contribution in [0.1, 0.15) is 24.8 Å². The Balaban J connectivity index is 2.65. The van der Waals surface area contributed by atoms with E-state index < -0.39 is 0 Å². The van der Waals surface area contributed by atoms with Gasteiger partial charge in [-0.1, -0.05) is 19.1 Å². The first-order valence-corrected chi connectivity index (χ1v) is 4.49. The van der Waals surface area contributed by atoms with Gasteiger partial charge in [0.05, 0.1) is 13.5 Å². The van der Waals surface area contributed by atoms with Crippen molar-refractivity contribution in [3.8, 4) is 5.75 Å². The predicted molar refractivity (Wildman–Crippen MR) is 53.2 cm³/mol. The van der Waals surface area contributed by atoms with Gasteiger partial charge in [0.25, 0.3) is 0 Å². The van der Waals surface area contributed by atoms with Crippen LogP contribution in [-0.2, 0) is 9.53 Å². The number of phenols is 1. The number of hydrogen-bond acceptors (Lipinski definition) is 3. The molecule has 0 aliphatic heterocycles. The molecule has 3 nitrogen and oxygen atoms in total. The van der Waals surface area contributed by atoms with Crippen LogP contribution in [0.3, 0.4) is 0 Å². The van der Waals surface area contributed by atoms with Crippen LogP contribution in [0, 0.1) is 0 Å². The van der Waals surface area contributed by atoms with Crippen molar-refractivity contribution in [3.05, 3.63) is 29.8 Å². The Morgan fingerprint density at radius 2 is 2.00 bits per heavy atom. The summed E-state index contributed by atoms with van der Waals surface area (Å²) < 4.78 is 4.58. The van der Waals surface area contributed by atoms with Gasteiger partial charge >= 0.3 is 5.97 Å². The van der Waals surface area contributed by atoms with Gasteiger partial charge in [-0.15, -0.1) is 0 Å². The van der Waals surface area contributed by atoms with E-state index >= 15 is 0 Å². The van der Waals surface area contributed by atoms with E-state index in [0.717, 1.165) is 5.56 Å². The molecule has 0 aliphatic rings. The van der Waals surface area contributed by atoms with E-state index in [9.17, 15) is 4.79 Å². The molecule has 0 spiro atoms. The first-order valence-electron chi connectivity index (χ1n) is 4.49. The highest BCUT2D eigenvalue weighted by molar-refractivity contribution is 5.70. The third-order valence-electron chi connectivity index (χ3n) is 2.16. The van der Waals surface area contributed by atoms with Crippen LogP contribution in [0.15, 0.2) is 24.3 Å². The molecule has 0 fully saturated rings. The quantitative estimate of drug-likeness (QED) is 0.749. The van der Waals surface area contributed by atoms with Crippen LogP contribution in [0.2, 0.25) is 0 Å². The van der Waals surface area contributed by atoms with E-state index in [4.69, 9.17) is 5.11 Å². The second kappa shape index (κ2) is 4.65. The van der Waals surface area contributed by atoms with E-state index in [2.05, 4.69) is 4.74 Å². The second-order valence-corrected chi connectivity index (χ2v) is 3.27. The summed E-state index contributed by atoms with van der Waals surface area (Å²) in [7, 11) is 1.38. The van der Waals surface area contributed by atoms with Crippen molar-refractivity contribution < 1.29 is 14.6 Å². The number of esters is 1. The highest BCUT2D eigenvalue weighted by atomic mass is 16.5. The standard InChI is InChI=1S/C11H14O3/c1-8(7-11(13)14-2)9-3-5-10(12)6-4-9/h3-6,8,12H,7H2,1-2H3/t8-/m0/s1. The van der Waals surface area contributed by atoms with Crippen LogP contribution < -0.4 is 0 Å². The topological polar surface area (TPSA) is 46.5 Å². The molecule has 76 valence electrons. The number of aromatic hydroxyl groups is 1. The highest BCUT2D eigenvalue weighted by Crippen LogP contribution is 2.21. The summed E-state index contributed by atoms with van der Waals surface area (Å²) in [6.45, 7) is 1.95. The number of hydrogen-bond donors (Lipinski definition) is 1. The fraction of sp³-hybridized carbons (Fsp3) is 0.364. The lowest BCUT2D eigenvalue weighted by Crippen LogP contribution is -2.05. The average molecular weight is 194 g/mol. The molecular formula is C11H14O3. The van der Waals surface area contributed by atoms with Crippen molar-refractivity contribution in [2.24, 2.45) is 0 Å². The maximum absolute atomic E-state index is 11.0. The number of carbonyl (C=O) groups excluding carboxylic acids is 1. The van der Waals surface area contributed by atoms with Gasteiger partial charge in [0.1, 0.15) is 5.75 Å². The van der Waals surface area contributed by atoms with Crippen molar-refractivity contribution >= 4 is 5.97 Å². The van der Waals surface area contributed by atoms with E-state index in [1.54, 1.807) is 12.1 Å². The van der Waals surface area contributed by atoms with E-state index in [-0.39, 0.29) is 17.6 Å². The molecule has 0 aromatic heterocycles. The highest BCUT2D eigenvalue weighted by Gasteiger charge is 2.10. The molecule has 0 radical (unpaired) electrons. The Morgan fingerprint density at radius 1 is 1.43 bits per heavy atom. The molecule has 1 N–H and O–H groups in total. The molecular weight excluding hydrogens is 180 g/mol. The third kappa shape index (κ3) is 2.76. The van der Waals surface area contributed by atoms with E-state index in [1.807, 2.05) is 19.1 Å². The minimum Gasteiger partial charge on any atom is -0.508 e. The van der Waals surface area contributed by atoms with Crippen molar-refractivity contribution in [2.75, 3.05) is 7.11 Å². The Hall–Kier alpha value is -1.51. The van der Waals surface area contributed by atoms with Crippen LogP contribution in [-0.4, -0.2) is 18.2 Å². The zero-order chi connectivity index (χ0) is 10.6.